The Morgan fingerprint density at radius 2 is 2.17 bits per heavy atom. The summed E-state index contributed by atoms with van der Waals surface area (Å²) >= 11 is 1.62. The number of furan rings is 1. The minimum atomic E-state index is -0.224. The molecule has 2 N–H and O–H groups in total. The molecular formula is C17H20N4O2S. The molecule has 1 atom stereocenters. The van der Waals surface area contributed by atoms with Gasteiger partial charge in [0.05, 0.1) is 11.7 Å². The van der Waals surface area contributed by atoms with Gasteiger partial charge in [0.1, 0.15) is 16.5 Å². The Kier molecular flexibility index (Phi) is 4.53. The van der Waals surface area contributed by atoms with Gasteiger partial charge in [0.2, 0.25) is 0 Å². The number of rotatable bonds is 5. The van der Waals surface area contributed by atoms with Crippen LogP contribution in [0.2, 0.25) is 0 Å². The Hall–Kier alpha value is -2.41. The summed E-state index contributed by atoms with van der Waals surface area (Å²) < 4.78 is 5.54. The van der Waals surface area contributed by atoms with Crippen molar-refractivity contribution >= 4 is 17.2 Å². The summed E-state index contributed by atoms with van der Waals surface area (Å²) in [5.41, 5.74) is 2.03. The molecule has 0 aliphatic rings. The fourth-order valence-corrected chi connectivity index (χ4v) is 3.42. The maximum atomic E-state index is 12.5. The van der Waals surface area contributed by atoms with Crippen molar-refractivity contribution in [2.45, 2.75) is 40.2 Å². The summed E-state index contributed by atoms with van der Waals surface area (Å²) in [5, 5.41) is 10.9. The predicted molar refractivity (Wildman–Crippen MR) is 93.1 cm³/mol. The smallest absolute Gasteiger partial charge is 0.272 e. The third-order valence-corrected chi connectivity index (χ3v) is 5.06. The van der Waals surface area contributed by atoms with E-state index in [9.17, 15) is 4.79 Å². The fourth-order valence-electron chi connectivity index (χ4n) is 2.36. The number of nitrogens with one attached hydrogen (secondary N) is 2. The Morgan fingerprint density at radius 1 is 1.38 bits per heavy atom. The van der Waals surface area contributed by atoms with E-state index in [1.54, 1.807) is 17.4 Å². The zero-order chi connectivity index (χ0) is 17.3. The molecule has 6 nitrogen and oxygen atoms in total. The van der Waals surface area contributed by atoms with Crippen molar-refractivity contribution < 1.29 is 9.21 Å². The Balaban J connectivity index is 1.75. The molecule has 3 aromatic heterocycles. The minimum Gasteiger partial charge on any atom is -0.460 e. The number of H-pyrrole nitrogens is 1. The first-order chi connectivity index (χ1) is 11.5. The van der Waals surface area contributed by atoms with Crippen molar-refractivity contribution in [3.8, 4) is 11.5 Å². The molecule has 0 aliphatic carbocycles. The fraction of sp³-hybridized carbons (Fsp3) is 0.353. The highest BCUT2D eigenvalue weighted by atomic mass is 32.1. The molecule has 3 aromatic rings. The predicted octanol–water partition coefficient (Wildman–Crippen LogP) is 3.93. The highest BCUT2D eigenvalue weighted by Gasteiger charge is 2.20. The van der Waals surface area contributed by atoms with Gasteiger partial charge in [-0.25, -0.2) is 4.98 Å². The van der Waals surface area contributed by atoms with E-state index in [-0.39, 0.29) is 11.9 Å². The van der Waals surface area contributed by atoms with Gasteiger partial charge in [-0.3, -0.25) is 9.89 Å². The topological polar surface area (TPSA) is 83.8 Å². The lowest BCUT2D eigenvalue weighted by Gasteiger charge is -2.13. The lowest BCUT2D eigenvalue weighted by atomic mass is 10.2. The highest BCUT2D eigenvalue weighted by Crippen LogP contribution is 2.25. The van der Waals surface area contributed by atoms with Crippen LogP contribution < -0.4 is 5.32 Å². The van der Waals surface area contributed by atoms with Gasteiger partial charge in [0.25, 0.3) is 5.91 Å². The monoisotopic (exact) mass is 344 g/mol. The van der Waals surface area contributed by atoms with Gasteiger partial charge in [-0.1, -0.05) is 6.92 Å². The van der Waals surface area contributed by atoms with Gasteiger partial charge in [0.15, 0.2) is 11.5 Å². The Morgan fingerprint density at radius 3 is 2.75 bits per heavy atom. The highest BCUT2D eigenvalue weighted by molar-refractivity contribution is 7.11. The summed E-state index contributed by atoms with van der Waals surface area (Å²) in [6.45, 7) is 7.92. The number of hydrogen-bond donors (Lipinski definition) is 2. The third kappa shape index (κ3) is 3.26. The van der Waals surface area contributed by atoms with Crippen molar-refractivity contribution in [1.29, 1.82) is 0 Å². The molecule has 3 rings (SSSR count). The van der Waals surface area contributed by atoms with Crippen molar-refractivity contribution in [3.05, 3.63) is 45.2 Å². The first-order valence-electron chi connectivity index (χ1n) is 7.85. The van der Waals surface area contributed by atoms with E-state index >= 15 is 0 Å². The molecule has 1 unspecified atom stereocenters. The van der Waals surface area contributed by atoms with Crippen molar-refractivity contribution in [3.63, 3.8) is 0 Å². The number of aryl methyl sites for hydroxylation is 3. The number of hydrogen-bond acceptors (Lipinski definition) is 5. The lowest BCUT2D eigenvalue weighted by Crippen LogP contribution is -2.28. The number of aromatic amines is 1. The normalized spacial score (nSPS) is 12.3. The van der Waals surface area contributed by atoms with Crippen LogP contribution in [0.25, 0.3) is 11.5 Å². The quantitative estimate of drug-likeness (QED) is 0.734. The second-order valence-corrected chi connectivity index (χ2v) is 6.94. The molecular weight excluding hydrogens is 324 g/mol. The Labute approximate surface area is 144 Å². The van der Waals surface area contributed by atoms with Crippen molar-refractivity contribution in [1.82, 2.24) is 20.5 Å². The summed E-state index contributed by atoms with van der Waals surface area (Å²) in [7, 11) is 0. The maximum absolute atomic E-state index is 12.5. The summed E-state index contributed by atoms with van der Waals surface area (Å²) in [4.78, 5) is 18.2. The van der Waals surface area contributed by atoms with E-state index in [1.165, 1.54) is 4.88 Å². The van der Waals surface area contributed by atoms with Crippen LogP contribution in [0.5, 0.6) is 0 Å². The molecule has 1 amide bonds. The molecule has 3 heterocycles. The lowest BCUT2D eigenvalue weighted by molar-refractivity contribution is 0.0930. The molecule has 0 saturated heterocycles. The summed E-state index contributed by atoms with van der Waals surface area (Å²) in [5.74, 6) is 1.25. The van der Waals surface area contributed by atoms with Crippen LogP contribution in [0.3, 0.4) is 0 Å². The average molecular weight is 344 g/mol. The summed E-state index contributed by atoms with van der Waals surface area (Å²) in [6.07, 6.45) is 0.771. The number of aromatic nitrogens is 3. The second kappa shape index (κ2) is 6.60. The van der Waals surface area contributed by atoms with Crippen LogP contribution in [0.15, 0.2) is 22.6 Å². The number of carbonyl (C=O) groups excluding carboxylic acids is 1. The molecule has 0 aliphatic heterocycles. The van der Waals surface area contributed by atoms with Gasteiger partial charge in [-0.2, -0.15) is 5.10 Å². The first kappa shape index (κ1) is 16.4. The third-order valence-electron chi connectivity index (χ3n) is 3.87. The zero-order valence-electron chi connectivity index (χ0n) is 14.1. The van der Waals surface area contributed by atoms with E-state index in [0.717, 1.165) is 22.9 Å². The van der Waals surface area contributed by atoms with Gasteiger partial charge in [0, 0.05) is 10.9 Å². The first-order valence-corrected chi connectivity index (χ1v) is 8.66. The van der Waals surface area contributed by atoms with Crippen LogP contribution >= 0.6 is 11.3 Å². The molecule has 0 aromatic carbocycles. The molecule has 0 fully saturated rings. The number of thiazole rings is 1. The van der Waals surface area contributed by atoms with E-state index in [0.29, 0.717) is 17.1 Å². The molecule has 0 saturated carbocycles. The van der Waals surface area contributed by atoms with E-state index in [2.05, 4.69) is 20.5 Å². The molecule has 24 heavy (non-hydrogen) atoms. The van der Waals surface area contributed by atoms with Gasteiger partial charge in [-0.05, 0) is 39.3 Å². The number of carbonyl (C=O) groups is 1. The zero-order valence-corrected chi connectivity index (χ0v) is 15.0. The molecule has 0 spiro atoms. The van der Waals surface area contributed by atoms with Crippen molar-refractivity contribution in [2.24, 2.45) is 0 Å². The average Bonchev–Trinajstić information content (AvgIpc) is 3.26. The number of nitrogens with zero attached hydrogens (tertiary/aromatic N) is 2. The minimum absolute atomic E-state index is 0.110. The molecule has 7 heteroatoms. The van der Waals surface area contributed by atoms with Gasteiger partial charge >= 0.3 is 0 Å². The second-order valence-electron chi connectivity index (χ2n) is 5.71. The number of amides is 1. The van der Waals surface area contributed by atoms with Gasteiger partial charge in [-0.15, -0.1) is 11.3 Å². The van der Waals surface area contributed by atoms with E-state index < -0.39 is 0 Å². The van der Waals surface area contributed by atoms with Crippen LogP contribution in [-0.2, 0) is 0 Å². The largest absolute Gasteiger partial charge is 0.460 e. The molecule has 0 radical (unpaired) electrons. The van der Waals surface area contributed by atoms with Crippen molar-refractivity contribution in [2.75, 3.05) is 0 Å². The summed E-state index contributed by atoms with van der Waals surface area (Å²) in [6, 6.07) is 5.30. The Bertz CT molecular complexity index is 842. The standard InChI is InChI=1S/C17H20N4O2S/c1-5-12(17-18-10(3)11(4)24-17)19-16(22)14-8-13(20-21-14)15-7-6-9(2)23-15/h6-8,12H,5H2,1-4H3,(H,19,22)(H,20,21). The maximum Gasteiger partial charge on any atom is 0.272 e. The SMILES string of the molecule is CCC(NC(=O)c1cc(-c2ccc(C)o2)[nH]n1)c1nc(C)c(C)s1. The van der Waals surface area contributed by atoms with Gasteiger partial charge < -0.3 is 9.73 Å². The van der Waals surface area contributed by atoms with Crippen LogP contribution in [0.4, 0.5) is 0 Å². The van der Waals surface area contributed by atoms with Crippen LogP contribution in [-0.4, -0.2) is 21.1 Å². The van der Waals surface area contributed by atoms with E-state index in [1.807, 2.05) is 39.8 Å². The molecule has 0 bridgehead atoms. The van der Waals surface area contributed by atoms with Crippen LogP contribution in [0.1, 0.15) is 51.2 Å². The van der Waals surface area contributed by atoms with E-state index in [4.69, 9.17) is 4.42 Å². The molecule has 126 valence electrons. The van der Waals surface area contributed by atoms with Crippen LogP contribution in [0, 0.1) is 20.8 Å².